The van der Waals surface area contributed by atoms with Crippen molar-refractivity contribution < 1.29 is 22.3 Å². The third-order valence-corrected chi connectivity index (χ3v) is 5.94. The number of benzene rings is 2. The molecule has 0 saturated heterocycles. The average molecular weight is 363 g/mol. The molecule has 1 saturated carbocycles. The highest BCUT2D eigenvalue weighted by molar-refractivity contribution is 7.92. The fourth-order valence-corrected chi connectivity index (χ4v) is 4.45. The van der Waals surface area contributed by atoms with E-state index in [2.05, 4.69) is 4.72 Å². The first-order chi connectivity index (χ1) is 12.0. The van der Waals surface area contributed by atoms with Crippen molar-refractivity contribution >= 4 is 15.7 Å². The van der Waals surface area contributed by atoms with Crippen molar-refractivity contribution in [2.45, 2.75) is 42.8 Å². The average Bonchev–Trinajstić information content (AvgIpc) is 2.92. The molecule has 1 aliphatic heterocycles. The van der Waals surface area contributed by atoms with Crippen molar-refractivity contribution in [2.24, 2.45) is 0 Å². The van der Waals surface area contributed by atoms with Gasteiger partial charge in [-0.15, -0.1) is 0 Å². The molecule has 2 aliphatic rings. The molecular weight excluding hydrogens is 345 g/mol. The molecule has 5 nitrogen and oxygen atoms in total. The smallest absolute Gasteiger partial charge is 0.264 e. The molecule has 1 spiro atoms. The van der Waals surface area contributed by atoms with Gasteiger partial charge in [-0.2, -0.15) is 0 Å². The maximum Gasteiger partial charge on any atom is 0.264 e. The van der Waals surface area contributed by atoms with Gasteiger partial charge in [-0.1, -0.05) is 18.6 Å². The first-order valence-electron chi connectivity index (χ1n) is 8.27. The molecule has 0 amide bonds. The predicted molar refractivity (Wildman–Crippen MR) is 90.7 cm³/mol. The summed E-state index contributed by atoms with van der Waals surface area (Å²) in [6, 6.07) is 10.1. The number of rotatable bonds is 3. The lowest BCUT2D eigenvalue weighted by atomic mass is 9.94. The number of hydrogen-bond acceptors (Lipinski definition) is 4. The van der Waals surface area contributed by atoms with Crippen molar-refractivity contribution in [3.8, 4) is 11.5 Å². The number of hydrogen-bond donors (Lipinski definition) is 1. The first-order valence-corrected chi connectivity index (χ1v) is 9.75. The van der Waals surface area contributed by atoms with Crippen LogP contribution in [0.2, 0.25) is 0 Å². The van der Waals surface area contributed by atoms with E-state index in [4.69, 9.17) is 9.47 Å². The summed E-state index contributed by atoms with van der Waals surface area (Å²) >= 11 is 0. The van der Waals surface area contributed by atoms with Gasteiger partial charge in [-0.3, -0.25) is 4.72 Å². The van der Waals surface area contributed by atoms with Crippen LogP contribution in [0.4, 0.5) is 10.1 Å². The Balaban J connectivity index is 1.58. The highest BCUT2D eigenvalue weighted by Gasteiger charge is 2.42. The van der Waals surface area contributed by atoms with Crippen LogP contribution in [0.3, 0.4) is 0 Å². The minimum absolute atomic E-state index is 0.304. The molecule has 4 rings (SSSR count). The van der Waals surface area contributed by atoms with E-state index in [-0.39, 0.29) is 0 Å². The zero-order valence-electron chi connectivity index (χ0n) is 13.5. The number of sulfonamides is 1. The SMILES string of the molecule is O=S(=O)(Nc1ccc2c(c1)OC1(CCCCC1)O2)c1ccccc1F. The van der Waals surface area contributed by atoms with Gasteiger partial charge in [0, 0.05) is 18.9 Å². The van der Waals surface area contributed by atoms with Gasteiger partial charge in [0.15, 0.2) is 11.5 Å². The summed E-state index contributed by atoms with van der Waals surface area (Å²) in [5, 5.41) is 0. The number of fused-ring (bicyclic) bond motifs is 1. The number of anilines is 1. The van der Waals surface area contributed by atoms with Crippen LogP contribution in [0.5, 0.6) is 11.5 Å². The molecule has 25 heavy (non-hydrogen) atoms. The second-order valence-corrected chi connectivity index (χ2v) is 8.02. The monoisotopic (exact) mass is 363 g/mol. The molecule has 0 bridgehead atoms. The summed E-state index contributed by atoms with van der Waals surface area (Å²) < 4.78 is 52.9. The van der Waals surface area contributed by atoms with Crippen molar-refractivity contribution in [2.75, 3.05) is 4.72 Å². The van der Waals surface area contributed by atoms with E-state index in [9.17, 15) is 12.8 Å². The highest BCUT2D eigenvalue weighted by Crippen LogP contribution is 2.46. The Morgan fingerprint density at radius 2 is 1.68 bits per heavy atom. The second kappa shape index (κ2) is 5.91. The molecule has 1 fully saturated rings. The lowest BCUT2D eigenvalue weighted by Crippen LogP contribution is -2.40. The van der Waals surface area contributed by atoms with Gasteiger partial charge in [-0.05, 0) is 37.1 Å². The molecule has 0 unspecified atom stereocenters. The lowest BCUT2D eigenvalue weighted by molar-refractivity contribution is -0.105. The van der Waals surface area contributed by atoms with E-state index in [0.717, 1.165) is 31.7 Å². The third kappa shape index (κ3) is 3.04. The number of ether oxygens (including phenoxy) is 2. The van der Waals surface area contributed by atoms with E-state index in [1.165, 1.54) is 24.6 Å². The molecule has 7 heteroatoms. The van der Waals surface area contributed by atoms with Gasteiger partial charge < -0.3 is 9.47 Å². The molecule has 0 aromatic heterocycles. The van der Waals surface area contributed by atoms with Gasteiger partial charge >= 0.3 is 0 Å². The zero-order valence-corrected chi connectivity index (χ0v) is 14.3. The molecule has 2 aromatic carbocycles. The molecular formula is C18H18FNO4S. The van der Waals surface area contributed by atoms with Crippen molar-refractivity contribution in [1.82, 2.24) is 0 Å². The summed E-state index contributed by atoms with van der Waals surface area (Å²) in [7, 11) is -4.02. The fraction of sp³-hybridized carbons (Fsp3) is 0.333. The van der Waals surface area contributed by atoms with Crippen molar-refractivity contribution in [3.05, 3.63) is 48.3 Å². The van der Waals surface area contributed by atoms with Gasteiger partial charge in [0.05, 0.1) is 5.69 Å². The maximum atomic E-state index is 13.8. The van der Waals surface area contributed by atoms with Gasteiger partial charge in [0.2, 0.25) is 0 Å². The minimum Gasteiger partial charge on any atom is -0.448 e. The molecule has 132 valence electrons. The molecule has 1 aliphatic carbocycles. The summed E-state index contributed by atoms with van der Waals surface area (Å²) in [6.45, 7) is 0. The lowest BCUT2D eigenvalue weighted by Gasteiger charge is -2.31. The quantitative estimate of drug-likeness (QED) is 0.893. The Hall–Kier alpha value is -2.28. The van der Waals surface area contributed by atoms with Crippen LogP contribution < -0.4 is 14.2 Å². The van der Waals surface area contributed by atoms with Crippen LogP contribution in [0.1, 0.15) is 32.1 Å². The van der Waals surface area contributed by atoms with Crippen LogP contribution in [0.25, 0.3) is 0 Å². The highest BCUT2D eigenvalue weighted by atomic mass is 32.2. The van der Waals surface area contributed by atoms with Gasteiger partial charge in [0.1, 0.15) is 10.7 Å². The Kier molecular flexibility index (Phi) is 3.83. The predicted octanol–water partition coefficient (Wildman–Crippen LogP) is 4.06. The summed E-state index contributed by atoms with van der Waals surface area (Å²) in [5.41, 5.74) is 0.304. The van der Waals surface area contributed by atoms with E-state index in [1.54, 1.807) is 18.2 Å². The molecule has 1 N–H and O–H groups in total. The molecule has 0 radical (unpaired) electrons. The van der Waals surface area contributed by atoms with Crippen molar-refractivity contribution in [3.63, 3.8) is 0 Å². The molecule has 2 aromatic rings. The van der Waals surface area contributed by atoms with E-state index < -0.39 is 26.5 Å². The Labute approximate surface area is 145 Å². The maximum absolute atomic E-state index is 13.8. The largest absolute Gasteiger partial charge is 0.448 e. The summed E-state index contributed by atoms with van der Waals surface area (Å²) in [4.78, 5) is -0.392. The van der Waals surface area contributed by atoms with E-state index >= 15 is 0 Å². The second-order valence-electron chi connectivity index (χ2n) is 6.37. The Bertz CT molecular complexity index is 907. The summed E-state index contributed by atoms with van der Waals surface area (Å²) in [6.07, 6.45) is 4.88. The van der Waals surface area contributed by atoms with Crippen LogP contribution in [-0.2, 0) is 10.0 Å². The summed E-state index contributed by atoms with van der Waals surface area (Å²) in [5.74, 6) is -0.299. The number of nitrogens with one attached hydrogen (secondary N) is 1. The Morgan fingerprint density at radius 3 is 2.44 bits per heavy atom. The fourth-order valence-electron chi connectivity index (χ4n) is 3.32. The van der Waals surface area contributed by atoms with Crippen LogP contribution in [-0.4, -0.2) is 14.2 Å². The topological polar surface area (TPSA) is 64.6 Å². The number of halogens is 1. The third-order valence-electron chi connectivity index (χ3n) is 4.53. The van der Waals surface area contributed by atoms with Gasteiger partial charge in [-0.25, -0.2) is 12.8 Å². The van der Waals surface area contributed by atoms with Crippen LogP contribution in [0, 0.1) is 5.82 Å². The zero-order chi connectivity index (χ0) is 17.5. The van der Waals surface area contributed by atoms with E-state index in [0.29, 0.717) is 17.2 Å². The van der Waals surface area contributed by atoms with E-state index in [1.807, 2.05) is 0 Å². The van der Waals surface area contributed by atoms with Gasteiger partial charge in [0.25, 0.3) is 15.8 Å². The van der Waals surface area contributed by atoms with Crippen molar-refractivity contribution in [1.29, 1.82) is 0 Å². The minimum atomic E-state index is -4.02. The normalized spacial score (nSPS) is 18.3. The molecule has 1 heterocycles. The van der Waals surface area contributed by atoms with Crippen LogP contribution in [0.15, 0.2) is 47.4 Å². The standard InChI is InChI=1S/C18H18FNO4S/c19-14-6-2-3-7-17(14)25(21,22)20-13-8-9-15-16(12-13)24-18(23-15)10-4-1-5-11-18/h2-3,6-9,12,20H,1,4-5,10-11H2. The van der Waals surface area contributed by atoms with Crippen LogP contribution >= 0.6 is 0 Å². The molecule has 0 atom stereocenters. The first kappa shape index (κ1) is 16.2. The Morgan fingerprint density at radius 1 is 0.960 bits per heavy atom.